The van der Waals surface area contributed by atoms with E-state index in [1.807, 2.05) is 48.6 Å². The summed E-state index contributed by atoms with van der Waals surface area (Å²) in [6.45, 7) is 2.02. The number of aliphatic hydroxyl groups excluding tert-OH is 3. The van der Waals surface area contributed by atoms with Gasteiger partial charge in [-0.2, -0.15) is 0 Å². The standard InChI is InChI=1S/C48H79O11P/c1-3-5-7-8-9-10-11-12-13-14-15-18-21-24-27-30-34-38-47(52)56-42-46(43-58-60(54,55)57-41-45(51)40-49)59-48(53)39-35-31-28-25-22-19-16-17-20-23-26-29-33-37-44(50)36-32-6-4-2/h6,9-10,12-13,17,19-20,22,26,28-29,31-33,37,44-46,49-51H,3-5,7-8,11,14-16,18,21,23-25,27,30,34-36,38-43H2,1-2H3,(H,54,55)/b10-9-,13-12-,20-17-,22-19-,29-26+,31-28-,32-6-,37-33+/t44?,45-,46+/m0/s1. The van der Waals surface area contributed by atoms with E-state index in [2.05, 4.69) is 60.9 Å². The number of rotatable bonds is 40. The van der Waals surface area contributed by atoms with Crippen LogP contribution in [0.5, 0.6) is 0 Å². The maximum absolute atomic E-state index is 12.6. The quantitative estimate of drug-likeness (QED) is 0.0152. The number of aliphatic hydroxyl groups is 3. The molecule has 0 aromatic heterocycles. The molecule has 0 aliphatic carbocycles. The van der Waals surface area contributed by atoms with Crippen molar-refractivity contribution in [2.24, 2.45) is 0 Å². The van der Waals surface area contributed by atoms with Crippen LogP contribution in [0.15, 0.2) is 97.2 Å². The summed E-state index contributed by atoms with van der Waals surface area (Å²) >= 11 is 0. The fourth-order valence-electron chi connectivity index (χ4n) is 5.37. The van der Waals surface area contributed by atoms with Crippen LogP contribution < -0.4 is 0 Å². The highest BCUT2D eigenvalue weighted by Crippen LogP contribution is 2.43. The van der Waals surface area contributed by atoms with Gasteiger partial charge in [0.05, 0.1) is 25.9 Å². The highest BCUT2D eigenvalue weighted by atomic mass is 31.2. The molecule has 0 spiro atoms. The van der Waals surface area contributed by atoms with Crippen LogP contribution in [0.3, 0.4) is 0 Å². The number of hydrogen-bond acceptors (Lipinski definition) is 10. The van der Waals surface area contributed by atoms with E-state index in [0.717, 1.165) is 57.8 Å². The zero-order valence-corrected chi connectivity index (χ0v) is 37.6. The van der Waals surface area contributed by atoms with Gasteiger partial charge in [0, 0.05) is 12.8 Å². The van der Waals surface area contributed by atoms with E-state index < -0.39 is 57.9 Å². The summed E-state index contributed by atoms with van der Waals surface area (Å²) in [6.07, 6.45) is 48.5. The third kappa shape index (κ3) is 41.6. The fourth-order valence-corrected chi connectivity index (χ4v) is 6.16. The maximum atomic E-state index is 12.6. The van der Waals surface area contributed by atoms with Crippen LogP contribution in [-0.4, -0.2) is 76.9 Å². The number of ether oxygens (including phenoxy) is 2. The molecule has 0 saturated carbocycles. The zero-order chi connectivity index (χ0) is 44.2. The van der Waals surface area contributed by atoms with Gasteiger partial charge in [0.15, 0.2) is 6.10 Å². The molecule has 0 fully saturated rings. The van der Waals surface area contributed by atoms with Crippen molar-refractivity contribution in [3.63, 3.8) is 0 Å². The monoisotopic (exact) mass is 863 g/mol. The second kappa shape index (κ2) is 42.5. The van der Waals surface area contributed by atoms with Crippen molar-refractivity contribution in [1.82, 2.24) is 0 Å². The van der Waals surface area contributed by atoms with Crippen LogP contribution in [0.2, 0.25) is 0 Å². The number of carbonyl (C=O) groups is 2. The minimum absolute atomic E-state index is 0.0362. The number of phosphoric acid groups is 1. The first-order valence-corrected chi connectivity index (χ1v) is 23.8. The fraction of sp³-hybridized carbons (Fsp3) is 0.625. The highest BCUT2D eigenvalue weighted by Gasteiger charge is 2.27. The molecule has 0 aliphatic heterocycles. The van der Waals surface area contributed by atoms with Gasteiger partial charge in [-0.05, 0) is 77.0 Å². The third-order valence-corrected chi connectivity index (χ3v) is 9.77. The summed E-state index contributed by atoms with van der Waals surface area (Å²) < 4.78 is 32.6. The number of carbonyl (C=O) groups excluding carboxylic acids is 2. The Kier molecular flexibility index (Phi) is 40.3. The minimum atomic E-state index is -4.66. The van der Waals surface area contributed by atoms with Crippen molar-refractivity contribution >= 4 is 19.8 Å². The number of unbranched alkanes of at least 4 members (excludes halogenated alkanes) is 10. The predicted octanol–water partition coefficient (Wildman–Crippen LogP) is 11.0. The van der Waals surface area contributed by atoms with Crippen LogP contribution >= 0.6 is 7.82 Å². The van der Waals surface area contributed by atoms with Crippen molar-refractivity contribution in [1.29, 1.82) is 0 Å². The SMILES string of the molecule is CC/C=C\CC(O)/C=C/C=C/C/C=C\C/C=C\C/C=C\CCC(=O)O[C@H](COC(=O)CCCCCCCCC/C=C\C/C=C\CCCCC)COP(=O)(O)OC[C@@H](O)CO. The average Bonchev–Trinajstić information content (AvgIpc) is 3.23. The second-order valence-corrected chi connectivity index (χ2v) is 16.0. The van der Waals surface area contributed by atoms with Gasteiger partial charge in [-0.25, -0.2) is 4.57 Å². The molecular weight excluding hydrogens is 783 g/mol. The molecule has 0 aromatic rings. The molecule has 0 radical (unpaired) electrons. The molecule has 0 saturated heterocycles. The van der Waals surface area contributed by atoms with Crippen LogP contribution in [0.1, 0.15) is 149 Å². The third-order valence-electron chi connectivity index (χ3n) is 8.82. The first kappa shape index (κ1) is 56.9. The van der Waals surface area contributed by atoms with Gasteiger partial charge in [0.2, 0.25) is 0 Å². The first-order valence-electron chi connectivity index (χ1n) is 22.3. The van der Waals surface area contributed by atoms with Crippen molar-refractivity contribution < 1.29 is 52.9 Å². The lowest BCUT2D eigenvalue weighted by Crippen LogP contribution is -2.29. The van der Waals surface area contributed by atoms with Crippen molar-refractivity contribution in [2.45, 2.75) is 167 Å². The van der Waals surface area contributed by atoms with Gasteiger partial charge >= 0.3 is 19.8 Å². The molecule has 0 aliphatic rings. The summed E-state index contributed by atoms with van der Waals surface area (Å²) in [7, 11) is -4.66. The van der Waals surface area contributed by atoms with E-state index in [1.165, 1.54) is 38.5 Å². The molecule has 0 bridgehead atoms. The molecule has 2 unspecified atom stereocenters. The first-order chi connectivity index (χ1) is 29.1. The Hall–Kier alpha value is -3.15. The van der Waals surface area contributed by atoms with Crippen molar-refractivity contribution in [3.8, 4) is 0 Å². The Labute approximate surface area is 362 Å². The number of esters is 2. The number of phosphoric ester groups is 1. The summed E-state index contributed by atoms with van der Waals surface area (Å²) in [4.78, 5) is 35.0. The Bertz CT molecular complexity index is 1330. The van der Waals surface area contributed by atoms with Gasteiger partial charge < -0.3 is 29.7 Å². The molecule has 12 heteroatoms. The van der Waals surface area contributed by atoms with E-state index in [-0.39, 0.29) is 19.4 Å². The van der Waals surface area contributed by atoms with Gasteiger partial charge in [-0.1, -0.05) is 156 Å². The normalized spacial score (nSPS) is 15.2. The number of hydrogen-bond donors (Lipinski definition) is 4. The van der Waals surface area contributed by atoms with Crippen molar-refractivity contribution in [2.75, 3.05) is 26.4 Å². The zero-order valence-electron chi connectivity index (χ0n) is 36.7. The lowest BCUT2D eigenvalue weighted by atomic mass is 10.1. The predicted molar refractivity (Wildman–Crippen MR) is 243 cm³/mol. The molecule has 4 atom stereocenters. The van der Waals surface area contributed by atoms with Crippen molar-refractivity contribution in [3.05, 3.63) is 97.2 Å². The average molecular weight is 863 g/mol. The molecule has 0 rings (SSSR count). The summed E-state index contributed by atoms with van der Waals surface area (Å²) in [5, 5.41) is 28.2. The Morgan fingerprint density at radius 2 is 1.13 bits per heavy atom. The van der Waals surface area contributed by atoms with E-state index in [4.69, 9.17) is 19.1 Å². The van der Waals surface area contributed by atoms with E-state index in [0.29, 0.717) is 25.7 Å². The lowest BCUT2D eigenvalue weighted by molar-refractivity contribution is -0.161. The van der Waals surface area contributed by atoms with E-state index in [9.17, 15) is 29.3 Å². The lowest BCUT2D eigenvalue weighted by Gasteiger charge is -2.20. The maximum Gasteiger partial charge on any atom is 0.472 e. The van der Waals surface area contributed by atoms with Crippen LogP contribution in [-0.2, 0) is 32.7 Å². The Morgan fingerprint density at radius 1 is 0.583 bits per heavy atom. The van der Waals surface area contributed by atoms with Crippen LogP contribution in [0.4, 0.5) is 0 Å². The van der Waals surface area contributed by atoms with E-state index in [1.54, 1.807) is 6.08 Å². The van der Waals surface area contributed by atoms with E-state index >= 15 is 0 Å². The van der Waals surface area contributed by atoms with Crippen LogP contribution in [0, 0.1) is 0 Å². The van der Waals surface area contributed by atoms with Gasteiger partial charge in [0.25, 0.3) is 0 Å². The molecule has 0 aromatic carbocycles. The largest absolute Gasteiger partial charge is 0.472 e. The highest BCUT2D eigenvalue weighted by molar-refractivity contribution is 7.47. The summed E-state index contributed by atoms with van der Waals surface area (Å²) in [5.74, 6) is -1.06. The van der Waals surface area contributed by atoms with Crippen LogP contribution in [0.25, 0.3) is 0 Å². The second-order valence-electron chi connectivity index (χ2n) is 14.5. The molecule has 0 amide bonds. The summed E-state index contributed by atoms with van der Waals surface area (Å²) in [5.41, 5.74) is 0. The van der Waals surface area contributed by atoms with Gasteiger partial charge in [-0.15, -0.1) is 0 Å². The number of allylic oxidation sites excluding steroid dienone is 14. The minimum Gasteiger partial charge on any atom is -0.462 e. The Balaban J connectivity index is 4.48. The van der Waals surface area contributed by atoms with Gasteiger partial charge in [-0.3, -0.25) is 18.6 Å². The molecule has 11 nitrogen and oxygen atoms in total. The smallest absolute Gasteiger partial charge is 0.462 e. The molecular formula is C48H79O11P. The summed E-state index contributed by atoms with van der Waals surface area (Å²) in [6, 6.07) is 0. The molecule has 4 N–H and O–H groups in total. The molecule has 342 valence electrons. The Morgan fingerprint density at radius 3 is 1.75 bits per heavy atom. The topological polar surface area (TPSA) is 169 Å². The molecule has 60 heavy (non-hydrogen) atoms. The van der Waals surface area contributed by atoms with Gasteiger partial charge in [0.1, 0.15) is 12.7 Å². The molecule has 0 heterocycles.